The lowest BCUT2D eigenvalue weighted by Crippen LogP contribution is -2.14. The van der Waals surface area contributed by atoms with Crippen LogP contribution < -0.4 is 0 Å². The van der Waals surface area contributed by atoms with Gasteiger partial charge in [0.05, 0.1) is 0 Å². The van der Waals surface area contributed by atoms with E-state index >= 15 is 0 Å². The van der Waals surface area contributed by atoms with Gasteiger partial charge >= 0.3 is 0 Å². The number of carbonyl (C=O) groups is 1. The van der Waals surface area contributed by atoms with Crippen LogP contribution in [0.15, 0.2) is 0 Å². The second-order valence-corrected chi connectivity index (χ2v) is 4.72. The summed E-state index contributed by atoms with van der Waals surface area (Å²) in [5, 5.41) is 0. The van der Waals surface area contributed by atoms with E-state index in [1.165, 1.54) is 0 Å². The van der Waals surface area contributed by atoms with Crippen LogP contribution in [0.25, 0.3) is 0 Å². The minimum Gasteiger partial charge on any atom is -0.303 e. The van der Waals surface area contributed by atoms with Crippen molar-refractivity contribution in [1.82, 2.24) is 0 Å². The van der Waals surface area contributed by atoms with Crippen molar-refractivity contribution in [2.45, 2.75) is 40.0 Å². The second-order valence-electron chi connectivity index (χ2n) is 4.72. The van der Waals surface area contributed by atoms with Crippen molar-refractivity contribution in [3.05, 3.63) is 0 Å². The largest absolute Gasteiger partial charge is 0.303 e. The van der Waals surface area contributed by atoms with Crippen molar-refractivity contribution in [3.63, 3.8) is 0 Å². The van der Waals surface area contributed by atoms with Crippen LogP contribution in [0.2, 0.25) is 0 Å². The fourth-order valence-electron chi connectivity index (χ4n) is 1.55. The number of hydrogen-bond acceptors (Lipinski definition) is 1. The lowest BCUT2D eigenvalue weighted by atomic mass is 9.83. The molecule has 0 aromatic carbocycles. The van der Waals surface area contributed by atoms with Gasteiger partial charge in [-0.15, -0.1) is 0 Å². The zero-order valence-corrected chi connectivity index (χ0v) is 7.11. The van der Waals surface area contributed by atoms with Crippen molar-refractivity contribution in [1.29, 1.82) is 0 Å². The lowest BCUT2D eigenvalue weighted by Gasteiger charge is -2.21. The molecule has 0 spiro atoms. The maximum absolute atomic E-state index is 10.6. The molecule has 0 aromatic heterocycles. The number of carbonyl (C=O) groups excluding carboxylic acids is 1. The third-order valence-electron chi connectivity index (χ3n) is 2.02. The fourth-order valence-corrected chi connectivity index (χ4v) is 1.55. The average molecular weight is 140 g/mol. The predicted octanol–water partition coefficient (Wildman–Crippen LogP) is 2.40. The minimum absolute atomic E-state index is 0.0955. The molecular formula is C9H16O. The Morgan fingerprint density at radius 1 is 1.40 bits per heavy atom. The predicted molar refractivity (Wildman–Crippen MR) is 41.8 cm³/mol. The molecule has 0 heterocycles. The molecule has 1 aliphatic rings. The highest BCUT2D eigenvalue weighted by molar-refractivity contribution is 5.63. The standard InChI is InChI=1S/C9H16O/c1-8(2,3)6-9(7-10)4-5-9/h7H,4-6H2,1-3H3. The summed E-state index contributed by atoms with van der Waals surface area (Å²) in [6.07, 6.45) is 4.45. The summed E-state index contributed by atoms with van der Waals surface area (Å²) in [6, 6.07) is 0. The first kappa shape index (κ1) is 7.77. The van der Waals surface area contributed by atoms with Gasteiger partial charge in [0.25, 0.3) is 0 Å². The summed E-state index contributed by atoms with van der Waals surface area (Å²) in [6.45, 7) is 6.57. The molecule has 58 valence electrons. The molecule has 1 heteroatoms. The summed E-state index contributed by atoms with van der Waals surface area (Å²) >= 11 is 0. The van der Waals surface area contributed by atoms with Gasteiger partial charge in [-0.3, -0.25) is 0 Å². The van der Waals surface area contributed by atoms with Gasteiger partial charge in [0.2, 0.25) is 0 Å². The van der Waals surface area contributed by atoms with Crippen LogP contribution in [0, 0.1) is 10.8 Å². The highest BCUT2D eigenvalue weighted by Crippen LogP contribution is 2.51. The van der Waals surface area contributed by atoms with Crippen molar-refractivity contribution in [2.24, 2.45) is 10.8 Å². The van der Waals surface area contributed by atoms with Crippen LogP contribution >= 0.6 is 0 Å². The van der Waals surface area contributed by atoms with E-state index in [1.54, 1.807) is 0 Å². The van der Waals surface area contributed by atoms with E-state index < -0.39 is 0 Å². The SMILES string of the molecule is CC(C)(C)CC1(C=O)CC1. The first-order chi connectivity index (χ1) is 4.47. The second kappa shape index (κ2) is 2.08. The Morgan fingerprint density at radius 2 is 1.90 bits per heavy atom. The van der Waals surface area contributed by atoms with Gasteiger partial charge in [0.15, 0.2) is 0 Å². The minimum atomic E-state index is 0.0955. The maximum Gasteiger partial charge on any atom is 0.126 e. The molecule has 0 aromatic rings. The Labute approximate surface area is 62.8 Å². The highest BCUT2D eigenvalue weighted by Gasteiger charge is 2.44. The molecule has 10 heavy (non-hydrogen) atoms. The molecule has 0 saturated heterocycles. The Kier molecular flexibility index (Phi) is 1.61. The van der Waals surface area contributed by atoms with Crippen LogP contribution in [0.5, 0.6) is 0 Å². The van der Waals surface area contributed by atoms with Crippen molar-refractivity contribution in [2.75, 3.05) is 0 Å². The van der Waals surface area contributed by atoms with Gasteiger partial charge in [-0.25, -0.2) is 0 Å². The molecule has 1 aliphatic carbocycles. The Hall–Kier alpha value is -0.330. The van der Waals surface area contributed by atoms with E-state index in [1.807, 2.05) is 0 Å². The molecule has 0 amide bonds. The molecule has 0 bridgehead atoms. The molecule has 0 atom stereocenters. The van der Waals surface area contributed by atoms with Crippen molar-refractivity contribution < 1.29 is 4.79 Å². The van der Waals surface area contributed by atoms with Gasteiger partial charge in [-0.05, 0) is 24.7 Å². The summed E-state index contributed by atoms with van der Waals surface area (Å²) < 4.78 is 0. The zero-order chi connectivity index (χ0) is 7.83. The Bertz CT molecular complexity index is 137. The van der Waals surface area contributed by atoms with Gasteiger partial charge < -0.3 is 4.79 Å². The number of hydrogen-bond donors (Lipinski definition) is 0. The Balaban J connectivity index is 2.45. The molecular weight excluding hydrogens is 124 g/mol. The van der Waals surface area contributed by atoms with Crippen LogP contribution in [0.4, 0.5) is 0 Å². The van der Waals surface area contributed by atoms with Crippen molar-refractivity contribution in [3.8, 4) is 0 Å². The molecule has 1 rings (SSSR count). The normalized spacial score (nSPS) is 22.3. The summed E-state index contributed by atoms with van der Waals surface area (Å²) in [5.41, 5.74) is 0.412. The maximum atomic E-state index is 10.6. The average Bonchev–Trinajstić information content (AvgIpc) is 2.45. The van der Waals surface area contributed by atoms with Crippen LogP contribution in [-0.2, 0) is 4.79 Å². The number of aldehydes is 1. The summed E-state index contributed by atoms with van der Waals surface area (Å²) in [5.74, 6) is 0. The van der Waals surface area contributed by atoms with Crippen molar-refractivity contribution >= 4 is 6.29 Å². The molecule has 0 N–H and O–H groups in total. The molecule has 0 unspecified atom stereocenters. The monoisotopic (exact) mass is 140 g/mol. The quantitative estimate of drug-likeness (QED) is 0.538. The fraction of sp³-hybridized carbons (Fsp3) is 0.889. The summed E-state index contributed by atoms with van der Waals surface area (Å²) in [7, 11) is 0. The van der Waals surface area contributed by atoms with E-state index in [0.29, 0.717) is 5.41 Å². The zero-order valence-electron chi connectivity index (χ0n) is 7.11. The lowest BCUT2D eigenvalue weighted by molar-refractivity contribution is -0.113. The number of rotatable bonds is 2. The summed E-state index contributed by atoms with van der Waals surface area (Å²) in [4.78, 5) is 10.6. The topological polar surface area (TPSA) is 17.1 Å². The van der Waals surface area contributed by atoms with Crippen LogP contribution in [0.1, 0.15) is 40.0 Å². The van der Waals surface area contributed by atoms with E-state index in [-0.39, 0.29) is 5.41 Å². The first-order valence-electron chi connectivity index (χ1n) is 3.94. The molecule has 1 fully saturated rings. The first-order valence-corrected chi connectivity index (χ1v) is 3.94. The Morgan fingerprint density at radius 3 is 2.00 bits per heavy atom. The van der Waals surface area contributed by atoms with Gasteiger partial charge in [0, 0.05) is 5.41 Å². The van der Waals surface area contributed by atoms with E-state index in [9.17, 15) is 4.79 Å². The van der Waals surface area contributed by atoms with E-state index in [4.69, 9.17) is 0 Å². The highest BCUT2D eigenvalue weighted by atomic mass is 16.1. The van der Waals surface area contributed by atoms with Crippen LogP contribution in [-0.4, -0.2) is 6.29 Å². The molecule has 0 aliphatic heterocycles. The van der Waals surface area contributed by atoms with Crippen LogP contribution in [0.3, 0.4) is 0 Å². The smallest absolute Gasteiger partial charge is 0.126 e. The molecule has 1 saturated carbocycles. The molecule has 1 nitrogen and oxygen atoms in total. The van der Waals surface area contributed by atoms with E-state index in [0.717, 1.165) is 25.5 Å². The third kappa shape index (κ3) is 1.83. The third-order valence-corrected chi connectivity index (χ3v) is 2.02. The van der Waals surface area contributed by atoms with Gasteiger partial charge in [-0.2, -0.15) is 0 Å². The van der Waals surface area contributed by atoms with Gasteiger partial charge in [0.1, 0.15) is 6.29 Å². The molecule has 0 radical (unpaired) electrons. The van der Waals surface area contributed by atoms with Gasteiger partial charge in [-0.1, -0.05) is 20.8 Å². The van der Waals surface area contributed by atoms with E-state index in [2.05, 4.69) is 20.8 Å².